The number of benzene rings is 2. The molecule has 1 N–H and O–H groups in total. The lowest BCUT2D eigenvalue weighted by atomic mass is 10.1. The quantitative estimate of drug-likeness (QED) is 0.405. The Bertz CT molecular complexity index is 905. The summed E-state index contributed by atoms with van der Waals surface area (Å²) in [6, 6.07) is 6.32. The first-order chi connectivity index (χ1) is 13.0. The average molecular weight is 419 g/mol. The van der Waals surface area contributed by atoms with Crippen LogP contribution >= 0.6 is 11.6 Å². The number of alkyl halides is 3. The van der Waals surface area contributed by atoms with E-state index in [2.05, 4.69) is 10.1 Å². The van der Waals surface area contributed by atoms with Gasteiger partial charge in [-0.1, -0.05) is 11.6 Å². The van der Waals surface area contributed by atoms with Crippen LogP contribution in [0.3, 0.4) is 0 Å². The van der Waals surface area contributed by atoms with Crippen LogP contribution in [0.4, 0.5) is 30.2 Å². The number of nitrogens with zero attached hydrogens (tertiary/aromatic N) is 1. The zero-order valence-electron chi connectivity index (χ0n) is 14.5. The molecule has 1 unspecified atom stereocenters. The normalized spacial score (nSPS) is 12.2. The molecule has 0 aromatic heterocycles. The maximum atomic E-state index is 12.8. The summed E-state index contributed by atoms with van der Waals surface area (Å²) in [5.74, 6) is -0.453. The number of rotatable bonds is 6. The molecule has 0 saturated carbocycles. The number of nitro benzene ring substituents is 1. The minimum atomic E-state index is -4.71. The molecule has 150 valence electrons. The van der Waals surface area contributed by atoms with Crippen molar-refractivity contribution in [3.8, 4) is 5.75 Å². The fraction of sp³-hybridized carbons (Fsp3) is 0.235. The van der Waals surface area contributed by atoms with Crippen LogP contribution in [0.15, 0.2) is 36.4 Å². The maximum absolute atomic E-state index is 12.8. The van der Waals surface area contributed by atoms with Gasteiger partial charge in [0.05, 0.1) is 22.6 Å². The minimum absolute atomic E-state index is 0.0790. The summed E-state index contributed by atoms with van der Waals surface area (Å²) < 4.78 is 48.2. The summed E-state index contributed by atoms with van der Waals surface area (Å²) in [5, 5.41) is 13.9. The highest BCUT2D eigenvalue weighted by Crippen LogP contribution is 2.37. The lowest BCUT2D eigenvalue weighted by Crippen LogP contribution is -2.25. The molecule has 7 nitrogen and oxygen atoms in total. The molecule has 2 rings (SSSR count). The summed E-state index contributed by atoms with van der Waals surface area (Å²) in [5.41, 5.74) is -1.76. The number of nitro groups is 1. The van der Waals surface area contributed by atoms with Crippen LogP contribution in [0.25, 0.3) is 0 Å². The Morgan fingerprint density at radius 3 is 2.46 bits per heavy atom. The van der Waals surface area contributed by atoms with Crippen molar-refractivity contribution >= 4 is 34.6 Å². The van der Waals surface area contributed by atoms with E-state index >= 15 is 0 Å². The van der Waals surface area contributed by atoms with E-state index in [0.717, 1.165) is 12.1 Å². The van der Waals surface area contributed by atoms with Gasteiger partial charge >= 0.3 is 12.1 Å². The second-order valence-electron chi connectivity index (χ2n) is 5.54. The highest BCUT2D eigenvalue weighted by Gasteiger charge is 2.33. The van der Waals surface area contributed by atoms with Gasteiger partial charge < -0.3 is 14.8 Å². The molecular formula is C17H14ClF3N2O5. The number of nitrogens with one attached hydrogen (secondary N) is 1. The number of carbonyl (C=O) groups excluding carboxylic acids is 1. The molecule has 0 radical (unpaired) electrons. The first kappa shape index (κ1) is 21.3. The number of anilines is 2. The third-order valence-electron chi connectivity index (χ3n) is 3.57. The zero-order chi connectivity index (χ0) is 21.1. The second kappa shape index (κ2) is 8.34. The lowest BCUT2D eigenvalue weighted by Gasteiger charge is -2.15. The average Bonchev–Trinajstić information content (AvgIpc) is 2.62. The molecule has 11 heteroatoms. The number of methoxy groups -OCH3 is 1. The first-order valence-electron chi connectivity index (χ1n) is 7.69. The molecule has 0 heterocycles. The molecule has 0 spiro atoms. The van der Waals surface area contributed by atoms with E-state index in [1.807, 2.05) is 0 Å². The van der Waals surface area contributed by atoms with Gasteiger partial charge in [0.1, 0.15) is 11.4 Å². The van der Waals surface area contributed by atoms with Crippen molar-refractivity contribution in [2.75, 3.05) is 12.4 Å². The SMILES string of the molecule is COC(=O)C(C)Oc1ccc(Nc2ccc(C(F)(F)F)cc2[N+](=O)[O-])cc1Cl. The van der Waals surface area contributed by atoms with Crippen LogP contribution in [0.5, 0.6) is 5.75 Å². The van der Waals surface area contributed by atoms with E-state index in [-0.39, 0.29) is 22.1 Å². The van der Waals surface area contributed by atoms with Crippen molar-refractivity contribution in [3.05, 3.63) is 57.1 Å². The molecule has 0 saturated heterocycles. The summed E-state index contributed by atoms with van der Waals surface area (Å²) in [4.78, 5) is 21.6. The molecule has 0 aliphatic carbocycles. The molecule has 0 amide bonds. The van der Waals surface area contributed by atoms with Crippen molar-refractivity contribution in [2.45, 2.75) is 19.2 Å². The molecule has 0 aliphatic rings. The van der Waals surface area contributed by atoms with Crippen LogP contribution in [0.1, 0.15) is 12.5 Å². The van der Waals surface area contributed by atoms with Gasteiger partial charge in [-0.3, -0.25) is 10.1 Å². The van der Waals surface area contributed by atoms with Gasteiger partial charge in [0.25, 0.3) is 5.69 Å². The Morgan fingerprint density at radius 2 is 1.93 bits per heavy atom. The summed E-state index contributed by atoms with van der Waals surface area (Å²) in [7, 11) is 1.20. The van der Waals surface area contributed by atoms with Gasteiger partial charge in [-0.15, -0.1) is 0 Å². The molecule has 0 fully saturated rings. The van der Waals surface area contributed by atoms with Crippen LogP contribution in [-0.4, -0.2) is 24.1 Å². The molecule has 2 aromatic carbocycles. The number of halogens is 4. The van der Waals surface area contributed by atoms with Gasteiger partial charge in [0, 0.05) is 11.8 Å². The maximum Gasteiger partial charge on any atom is 0.416 e. The standard InChI is InChI=1S/C17H14ClF3N2O5/c1-9(16(24)27-2)28-15-6-4-11(8-12(15)18)22-13-5-3-10(17(19,20)21)7-14(13)23(25)26/h3-9,22H,1-2H3. The van der Waals surface area contributed by atoms with E-state index in [9.17, 15) is 28.1 Å². The number of hydrogen-bond donors (Lipinski definition) is 1. The molecule has 1 atom stereocenters. The van der Waals surface area contributed by atoms with Crippen molar-refractivity contribution in [1.29, 1.82) is 0 Å². The van der Waals surface area contributed by atoms with Gasteiger partial charge in [-0.2, -0.15) is 13.2 Å². The Hall–Kier alpha value is -3.01. The predicted molar refractivity (Wildman–Crippen MR) is 94.9 cm³/mol. The highest BCUT2D eigenvalue weighted by atomic mass is 35.5. The van der Waals surface area contributed by atoms with Crippen LogP contribution in [0.2, 0.25) is 5.02 Å². The number of carbonyl (C=O) groups is 1. The molecular weight excluding hydrogens is 405 g/mol. The highest BCUT2D eigenvalue weighted by molar-refractivity contribution is 6.32. The molecule has 0 aliphatic heterocycles. The van der Waals surface area contributed by atoms with Crippen molar-refractivity contribution in [1.82, 2.24) is 0 Å². The second-order valence-corrected chi connectivity index (χ2v) is 5.95. The summed E-state index contributed by atoms with van der Waals surface area (Å²) in [6.45, 7) is 1.46. The smallest absolute Gasteiger partial charge is 0.416 e. The largest absolute Gasteiger partial charge is 0.477 e. The van der Waals surface area contributed by atoms with E-state index in [0.29, 0.717) is 6.07 Å². The van der Waals surface area contributed by atoms with Gasteiger partial charge in [-0.05, 0) is 37.3 Å². The number of esters is 1. The molecule has 28 heavy (non-hydrogen) atoms. The van der Waals surface area contributed by atoms with Crippen molar-refractivity contribution < 1.29 is 32.4 Å². The van der Waals surface area contributed by atoms with Gasteiger partial charge in [0.15, 0.2) is 6.10 Å². The van der Waals surface area contributed by atoms with Crippen LogP contribution < -0.4 is 10.1 Å². The predicted octanol–water partition coefficient (Wildman–Crippen LogP) is 4.95. The third kappa shape index (κ3) is 5.03. The first-order valence-corrected chi connectivity index (χ1v) is 8.07. The topological polar surface area (TPSA) is 90.7 Å². The van der Waals surface area contributed by atoms with E-state index in [1.54, 1.807) is 0 Å². The van der Waals surface area contributed by atoms with Gasteiger partial charge in [-0.25, -0.2) is 4.79 Å². The zero-order valence-corrected chi connectivity index (χ0v) is 15.3. The Labute approximate surface area is 162 Å². The van der Waals surface area contributed by atoms with Crippen LogP contribution in [-0.2, 0) is 15.7 Å². The Kier molecular flexibility index (Phi) is 6.34. The van der Waals surface area contributed by atoms with E-state index < -0.39 is 34.4 Å². The number of ether oxygens (including phenoxy) is 2. The Balaban J connectivity index is 2.27. The van der Waals surface area contributed by atoms with E-state index in [4.69, 9.17) is 16.3 Å². The Morgan fingerprint density at radius 1 is 1.25 bits per heavy atom. The lowest BCUT2D eigenvalue weighted by molar-refractivity contribution is -0.384. The fourth-order valence-corrected chi connectivity index (χ4v) is 2.42. The van der Waals surface area contributed by atoms with E-state index in [1.165, 1.54) is 32.2 Å². The van der Waals surface area contributed by atoms with Gasteiger partial charge in [0.2, 0.25) is 0 Å². The third-order valence-corrected chi connectivity index (χ3v) is 3.86. The molecule has 0 bridgehead atoms. The van der Waals surface area contributed by atoms with Crippen molar-refractivity contribution in [2.24, 2.45) is 0 Å². The summed E-state index contributed by atoms with van der Waals surface area (Å²) in [6.07, 6.45) is -5.63. The fourth-order valence-electron chi connectivity index (χ4n) is 2.20. The van der Waals surface area contributed by atoms with Crippen LogP contribution in [0, 0.1) is 10.1 Å². The number of hydrogen-bond acceptors (Lipinski definition) is 6. The minimum Gasteiger partial charge on any atom is -0.477 e. The monoisotopic (exact) mass is 418 g/mol. The molecule has 2 aromatic rings. The van der Waals surface area contributed by atoms with Crippen molar-refractivity contribution in [3.63, 3.8) is 0 Å². The summed E-state index contributed by atoms with van der Waals surface area (Å²) >= 11 is 6.08.